The molecule has 3 aromatic carbocycles. The Morgan fingerprint density at radius 1 is 0.893 bits per heavy atom. The summed E-state index contributed by atoms with van der Waals surface area (Å²) in [4.78, 5) is 4.38. The number of aryl methyl sites for hydroxylation is 1. The highest BCUT2D eigenvalue weighted by molar-refractivity contribution is 6.30. The van der Waals surface area contributed by atoms with Gasteiger partial charge in [0.2, 0.25) is 0 Å². The summed E-state index contributed by atoms with van der Waals surface area (Å²) >= 11 is 6.06. The standard InChI is InChI=1S/C23H15ClFN3/c1-14-5-7-15(8-6-14)21-19-13-26-22-18(3-2-4-20(22)25)23(19)28(27-21)17-11-9-16(24)10-12-17/h2-13H,1H3. The molecular formula is C23H15ClFN3. The van der Waals surface area contributed by atoms with Crippen molar-refractivity contribution >= 4 is 33.4 Å². The van der Waals surface area contributed by atoms with E-state index in [0.717, 1.165) is 33.2 Å². The lowest BCUT2D eigenvalue weighted by atomic mass is 10.1. The van der Waals surface area contributed by atoms with Crippen LogP contribution in [0.1, 0.15) is 5.56 Å². The van der Waals surface area contributed by atoms with Crippen LogP contribution in [-0.2, 0) is 0 Å². The highest BCUT2D eigenvalue weighted by atomic mass is 35.5. The molecular weight excluding hydrogens is 373 g/mol. The Kier molecular flexibility index (Phi) is 3.88. The van der Waals surface area contributed by atoms with Gasteiger partial charge >= 0.3 is 0 Å². The summed E-state index contributed by atoms with van der Waals surface area (Å²) < 4.78 is 16.2. The number of nitrogens with zero attached hydrogens (tertiary/aromatic N) is 3. The zero-order valence-electron chi connectivity index (χ0n) is 15.0. The number of hydrogen-bond acceptors (Lipinski definition) is 2. The van der Waals surface area contributed by atoms with Gasteiger partial charge in [-0.1, -0.05) is 53.6 Å². The molecule has 0 radical (unpaired) electrons. The maximum absolute atomic E-state index is 14.4. The molecule has 0 saturated carbocycles. The lowest BCUT2D eigenvalue weighted by Crippen LogP contribution is -1.97. The molecule has 0 saturated heterocycles. The smallest absolute Gasteiger partial charge is 0.149 e. The fourth-order valence-electron chi connectivity index (χ4n) is 3.47. The summed E-state index contributed by atoms with van der Waals surface area (Å²) in [5.74, 6) is -0.347. The van der Waals surface area contributed by atoms with Crippen molar-refractivity contribution in [2.24, 2.45) is 0 Å². The first kappa shape index (κ1) is 16.9. The second-order valence-corrected chi connectivity index (χ2v) is 7.20. The van der Waals surface area contributed by atoms with Crippen molar-refractivity contribution in [1.29, 1.82) is 0 Å². The minimum atomic E-state index is -0.347. The third kappa shape index (κ3) is 2.65. The van der Waals surface area contributed by atoms with E-state index in [9.17, 15) is 4.39 Å². The number of pyridine rings is 1. The van der Waals surface area contributed by atoms with Crippen molar-refractivity contribution in [2.75, 3.05) is 0 Å². The molecule has 0 bridgehead atoms. The van der Waals surface area contributed by atoms with Gasteiger partial charge in [-0.15, -0.1) is 0 Å². The number of fused-ring (bicyclic) bond motifs is 3. The molecule has 0 N–H and O–H groups in total. The van der Waals surface area contributed by atoms with Crippen molar-refractivity contribution < 1.29 is 4.39 Å². The van der Waals surface area contributed by atoms with Crippen LogP contribution in [0.2, 0.25) is 5.02 Å². The zero-order valence-corrected chi connectivity index (χ0v) is 15.8. The van der Waals surface area contributed by atoms with Gasteiger partial charge in [-0.05, 0) is 37.3 Å². The molecule has 5 heteroatoms. The van der Waals surface area contributed by atoms with Gasteiger partial charge in [0, 0.05) is 27.6 Å². The highest BCUT2D eigenvalue weighted by Gasteiger charge is 2.18. The van der Waals surface area contributed by atoms with Gasteiger partial charge in [-0.3, -0.25) is 4.98 Å². The minimum Gasteiger partial charge on any atom is -0.252 e. The Bertz CT molecular complexity index is 1320. The molecule has 0 aliphatic heterocycles. The predicted molar refractivity (Wildman–Crippen MR) is 112 cm³/mol. The Balaban J connectivity index is 1.90. The Labute approximate surface area is 166 Å². The van der Waals surface area contributed by atoms with Gasteiger partial charge in [-0.2, -0.15) is 5.10 Å². The van der Waals surface area contributed by atoms with E-state index in [-0.39, 0.29) is 5.82 Å². The normalized spacial score (nSPS) is 11.4. The Hall–Kier alpha value is -3.24. The molecule has 0 atom stereocenters. The summed E-state index contributed by atoms with van der Waals surface area (Å²) in [5, 5.41) is 7.12. The molecule has 0 fully saturated rings. The summed E-state index contributed by atoms with van der Waals surface area (Å²) in [5.41, 5.74) is 4.98. The number of rotatable bonds is 2. The molecule has 3 nitrogen and oxygen atoms in total. The van der Waals surface area contributed by atoms with Gasteiger partial charge in [0.1, 0.15) is 17.0 Å². The first-order valence-corrected chi connectivity index (χ1v) is 9.28. The third-order valence-electron chi connectivity index (χ3n) is 4.88. The lowest BCUT2D eigenvalue weighted by molar-refractivity contribution is 0.637. The van der Waals surface area contributed by atoms with E-state index in [2.05, 4.69) is 17.1 Å². The van der Waals surface area contributed by atoms with Crippen LogP contribution in [0.5, 0.6) is 0 Å². The molecule has 5 aromatic rings. The fourth-order valence-corrected chi connectivity index (χ4v) is 3.60. The van der Waals surface area contributed by atoms with Crippen LogP contribution in [0.15, 0.2) is 72.9 Å². The number of aromatic nitrogens is 3. The second kappa shape index (κ2) is 6.43. The highest BCUT2D eigenvalue weighted by Crippen LogP contribution is 2.34. The SMILES string of the molecule is Cc1ccc(-c2nn(-c3ccc(Cl)cc3)c3c2cnc2c(F)cccc23)cc1. The predicted octanol–water partition coefficient (Wildman–Crippen LogP) is 6.34. The van der Waals surface area contributed by atoms with E-state index in [0.29, 0.717) is 10.5 Å². The van der Waals surface area contributed by atoms with Gasteiger partial charge in [0.05, 0.1) is 11.2 Å². The van der Waals surface area contributed by atoms with E-state index >= 15 is 0 Å². The van der Waals surface area contributed by atoms with Crippen molar-refractivity contribution in [3.8, 4) is 16.9 Å². The Morgan fingerprint density at radius 3 is 2.39 bits per heavy atom. The molecule has 0 aliphatic rings. The average molecular weight is 388 g/mol. The number of hydrogen-bond donors (Lipinski definition) is 0. The number of para-hydroxylation sites is 1. The van der Waals surface area contributed by atoms with E-state index in [4.69, 9.17) is 16.7 Å². The van der Waals surface area contributed by atoms with E-state index in [1.165, 1.54) is 11.6 Å². The number of halogens is 2. The molecule has 2 aromatic heterocycles. The van der Waals surface area contributed by atoms with Crippen molar-refractivity contribution in [2.45, 2.75) is 6.92 Å². The molecule has 136 valence electrons. The molecule has 0 aliphatic carbocycles. The average Bonchev–Trinajstić information content (AvgIpc) is 3.10. The Morgan fingerprint density at radius 2 is 1.64 bits per heavy atom. The van der Waals surface area contributed by atoms with E-state index in [1.54, 1.807) is 12.3 Å². The van der Waals surface area contributed by atoms with Crippen LogP contribution in [-0.4, -0.2) is 14.8 Å². The maximum atomic E-state index is 14.4. The maximum Gasteiger partial charge on any atom is 0.149 e. The van der Waals surface area contributed by atoms with Crippen molar-refractivity contribution in [1.82, 2.24) is 14.8 Å². The molecule has 5 rings (SSSR count). The summed E-state index contributed by atoms with van der Waals surface area (Å²) in [6, 6.07) is 20.6. The summed E-state index contributed by atoms with van der Waals surface area (Å²) in [7, 11) is 0. The molecule has 28 heavy (non-hydrogen) atoms. The summed E-state index contributed by atoms with van der Waals surface area (Å²) in [6.45, 7) is 2.05. The molecule has 0 unspecified atom stereocenters. The van der Waals surface area contributed by atoms with Crippen LogP contribution in [0.4, 0.5) is 4.39 Å². The number of benzene rings is 3. The topological polar surface area (TPSA) is 30.7 Å². The van der Waals surface area contributed by atoms with Crippen LogP contribution >= 0.6 is 11.6 Å². The van der Waals surface area contributed by atoms with Crippen LogP contribution in [0.3, 0.4) is 0 Å². The monoisotopic (exact) mass is 387 g/mol. The fraction of sp³-hybridized carbons (Fsp3) is 0.0435. The molecule has 2 heterocycles. The van der Waals surface area contributed by atoms with Gasteiger partial charge in [0.15, 0.2) is 0 Å². The van der Waals surface area contributed by atoms with Gasteiger partial charge in [0.25, 0.3) is 0 Å². The van der Waals surface area contributed by atoms with Crippen LogP contribution < -0.4 is 0 Å². The first-order valence-electron chi connectivity index (χ1n) is 8.91. The second-order valence-electron chi connectivity index (χ2n) is 6.76. The van der Waals surface area contributed by atoms with E-state index < -0.39 is 0 Å². The van der Waals surface area contributed by atoms with Crippen LogP contribution in [0, 0.1) is 12.7 Å². The largest absolute Gasteiger partial charge is 0.252 e. The molecule has 0 spiro atoms. The van der Waals surface area contributed by atoms with Gasteiger partial charge < -0.3 is 0 Å². The minimum absolute atomic E-state index is 0.334. The third-order valence-corrected chi connectivity index (χ3v) is 5.13. The lowest BCUT2D eigenvalue weighted by Gasteiger charge is -2.06. The summed E-state index contributed by atoms with van der Waals surface area (Å²) in [6.07, 6.45) is 1.70. The quantitative estimate of drug-likeness (QED) is 0.353. The zero-order chi connectivity index (χ0) is 19.3. The first-order chi connectivity index (χ1) is 13.6. The van der Waals surface area contributed by atoms with Gasteiger partial charge in [-0.25, -0.2) is 9.07 Å². The van der Waals surface area contributed by atoms with Crippen molar-refractivity contribution in [3.63, 3.8) is 0 Å². The van der Waals surface area contributed by atoms with Crippen molar-refractivity contribution in [3.05, 3.63) is 89.3 Å². The molecule has 0 amide bonds. The van der Waals surface area contributed by atoms with E-state index in [1.807, 2.05) is 54.1 Å². The van der Waals surface area contributed by atoms with Crippen LogP contribution in [0.25, 0.3) is 38.8 Å².